The van der Waals surface area contributed by atoms with Gasteiger partial charge in [-0.2, -0.15) is 4.37 Å². The van der Waals surface area contributed by atoms with Gasteiger partial charge in [0.15, 0.2) is 17.1 Å². The number of fused-ring (bicyclic) bond motifs is 2. The van der Waals surface area contributed by atoms with Crippen molar-refractivity contribution in [2.75, 3.05) is 36.5 Å². The summed E-state index contributed by atoms with van der Waals surface area (Å²) in [4.78, 5) is 33.1. The molecule has 5 aromatic heterocycles. The molecule has 1 aliphatic heterocycles. The van der Waals surface area contributed by atoms with Crippen LogP contribution in [0.5, 0.6) is 0 Å². The fraction of sp³-hybridized carbons (Fsp3) is 0.407. The zero-order valence-electron chi connectivity index (χ0n) is 22.7. The predicted octanol–water partition coefficient (Wildman–Crippen LogP) is 1.44. The minimum absolute atomic E-state index is 0.133. The third-order valence-corrected chi connectivity index (χ3v) is 8.71. The number of carbonyl (C=O) groups excluding carboxylic acids is 1. The molecule has 42 heavy (non-hydrogen) atoms. The van der Waals surface area contributed by atoms with Crippen LogP contribution in [-0.2, 0) is 11.2 Å². The van der Waals surface area contributed by atoms with E-state index in [1.165, 1.54) is 30.2 Å². The quantitative estimate of drug-likeness (QED) is 0.247. The van der Waals surface area contributed by atoms with E-state index in [2.05, 4.69) is 25.6 Å². The largest absolute Gasteiger partial charge is 0.456 e. The number of hydrogen-bond donors (Lipinski definition) is 3. The number of nitrogens with two attached hydrogens (primary N) is 1. The van der Waals surface area contributed by atoms with Gasteiger partial charge in [0.2, 0.25) is 17.0 Å². The number of amides is 1. The van der Waals surface area contributed by atoms with E-state index in [1.807, 2.05) is 11.0 Å². The van der Waals surface area contributed by atoms with Crippen molar-refractivity contribution < 1.29 is 24.1 Å². The molecule has 6 heterocycles. The first-order chi connectivity index (χ1) is 20.5. The number of rotatable bonds is 7. The highest BCUT2D eigenvalue weighted by atomic mass is 32.1. The van der Waals surface area contributed by atoms with Crippen LogP contribution in [0.25, 0.3) is 28.1 Å². The number of anilines is 2. The molecule has 218 valence electrons. The molecule has 0 spiro atoms. The molecule has 0 bridgehead atoms. The number of primary amides is 1. The number of morpholine rings is 1. The van der Waals surface area contributed by atoms with E-state index in [-0.39, 0.29) is 35.1 Å². The van der Waals surface area contributed by atoms with Crippen molar-refractivity contribution >= 4 is 46.1 Å². The molecule has 0 aromatic carbocycles. The lowest BCUT2D eigenvalue weighted by Gasteiger charge is -2.27. The van der Waals surface area contributed by atoms with Crippen molar-refractivity contribution in [2.24, 2.45) is 5.73 Å². The summed E-state index contributed by atoms with van der Waals surface area (Å²) in [7, 11) is 0. The van der Waals surface area contributed by atoms with E-state index < -0.39 is 5.91 Å². The molecular formula is C27H30N9O5S+. The average Bonchev–Trinajstić information content (AvgIpc) is 3.75. The van der Waals surface area contributed by atoms with Crippen LogP contribution < -0.4 is 27.1 Å². The maximum Gasteiger partial charge on any atom is 0.254 e. The molecular weight excluding hydrogens is 562 g/mol. The molecule has 2 fully saturated rings. The number of carbonyl (C=O) groups is 1. The van der Waals surface area contributed by atoms with Gasteiger partial charge in [0, 0.05) is 30.8 Å². The molecule has 15 heteroatoms. The van der Waals surface area contributed by atoms with E-state index in [1.54, 1.807) is 4.40 Å². The van der Waals surface area contributed by atoms with Crippen LogP contribution in [0.4, 0.5) is 11.8 Å². The molecule has 1 aliphatic carbocycles. The Hall–Kier alpha value is -4.34. The Labute approximate surface area is 242 Å². The van der Waals surface area contributed by atoms with Crippen LogP contribution >= 0.6 is 11.5 Å². The fourth-order valence-corrected chi connectivity index (χ4v) is 6.44. The Balaban J connectivity index is 1.23. The minimum Gasteiger partial charge on any atom is -0.456 e. The summed E-state index contributed by atoms with van der Waals surface area (Å²) in [5.74, 6) is 0.365. The first kappa shape index (κ1) is 26.6. The normalized spacial score (nSPS) is 19.5. The number of hydrogen-bond acceptors (Lipinski definition) is 12. The van der Waals surface area contributed by atoms with Gasteiger partial charge in [-0.25, -0.2) is 4.98 Å². The smallest absolute Gasteiger partial charge is 0.254 e. The van der Waals surface area contributed by atoms with Gasteiger partial charge in [-0.1, -0.05) is 6.42 Å². The van der Waals surface area contributed by atoms with Gasteiger partial charge in [0.25, 0.3) is 5.91 Å². The van der Waals surface area contributed by atoms with Crippen LogP contribution in [0.3, 0.4) is 0 Å². The number of ether oxygens (including phenoxy) is 1. The highest BCUT2D eigenvalue weighted by Gasteiger charge is 2.28. The third kappa shape index (κ3) is 4.78. The predicted molar refractivity (Wildman–Crippen MR) is 154 cm³/mol. The molecule has 7 rings (SSSR count). The Kier molecular flexibility index (Phi) is 6.84. The zero-order valence-corrected chi connectivity index (χ0v) is 23.6. The Morgan fingerprint density at radius 2 is 2.02 bits per heavy atom. The highest BCUT2D eigenvalue weighted by Crippen LogP contribution is 2.33. The number of quaternary nitrogens is 1. The molecule has 14 nitrogen and oxygen atoms in total. The third-order valence-electron chi connectivity index (χ3n) is 7.93. The van der Waals surface area contributed by atoms with Crippen LogP contribution in [-0.4, -0.2) is 68.2 Å². The van der Waals surface area contributed by atoms with Gasteiger partial charge in [0.1, 0.15) is 24.2 Å². The summed E-state index contributed by atoms with van der Waals surface area (Å²) in [5, 5.41) is 11.7. The van der Waals surface area contributed by atoms with Gasteiger partial charge in [0.05, 0.1) is 42.3 Å². The molecule has 1 amide bonds. The lowest BCUT2D eigenvalue weighted by Crippen LogP contribution is -2.68. The van der Waals surface area contributed by atoms with Crippen LogP contribution in [0.15, 0.2) is 38.4 Å². The maximum atomic E-state index is 12.8. The SMILES string of the molecule is NC(=O)c1c(Cc2cc(-c3coc4c(=O)cc(N5CCOCC5)oc34)ns2)nc(N[C@H]2CCCC[C@H]2[NH3+])n2cnnc12. The summed E-state index contributed by atoms with van der Waals surface area (Å²) in [6.45, 7) is 2.37. The zero-order chi connectivity index (χ0) is 28.8. The lowest BCUT2D eigenvalue weighted by atomic mass is 9.91. The molecule has 0 unspecified atom stereocenters. The Bertz CT molecular complexity index is 1840. The number of furan rings is 1. The van der Waals surface area contributed by atoms with Crippen LogP contribution in [0.2, 0.25) is 0 Å². The van der Waals surface area contributed by atoms with E-state index in [0.29, 0.717) is 66.3 Å². The van der Waals surface area contributed by atoms with Crippen molar-refractivity contribution in [3.8, 4) is 11.3 Å². The summed E-state index contributed by atoms with van der Waals surface area (Å²) in [5.41, 5.74) is 12.5. The standard InChI is InChI=1S/C27H29N9O5S/c28-16-3-1-2-4-17(16)31-27-32-19(22(25(29)38)26-33-30-13-36(26)27)10-14-9-18(34-42-14)15-12-40-24-20(37)11-21(41-23(15)24)35-5-7-39-8-6-35/h9,11-13,16-17H,1-8,10,28H2,(H2,29,38)(H,31,32)/p+1/t16-,17+/m1/s1. The van der Waals surface area contributed by atoms with Gasteiger partial charge in [-0.15, -0.1) is 10.2 Å². The molecule has 2 atom stereocenters. The maximum absolute atomic E-state index is 12.8. The first-order valence-corrected chi connectivity index (χ1v) is 14.7. The van der Waals surface area contributed by atoms with Gasteiger partial charge >= 0.3 is 0 Å². The van der Waals surface area contributed by atoms with Crippen molar-refractivity contribution in [1.82, 2.24) is 24.0 Å². The molecule has 2 aliphatic rings. The van der Waals surface area contributed by atoms with Gasteiger partial charge in [-0.3, -0.25) is 14.0 Å². The van der Waals surface area contributed by atoms with Crippen molar-refractivity contribution in [2.45, 2.75) is 44.2 Å². The topological polar surface area (TPSA) is 195 Å². The van der Waals surface area contributed by atoms with Crippen LogP contribution in [0.1, 0.15) is 46.6 Å². The van der Waals surface area contributed by atoms with E-state index >= 15 is 0 Å². The van der Waals surface area contributed by atoms with E-state index in [9.17, 15) is 9.59 Å². The Morgan fingerprint density at radius 1 is 1.19 bits per heavy atom. The van der Waals surface area contributed by atoms with Crippen molar-refractivity contribution in [3.63, 3.8) is 0 Å². The molecule has 5 aromatic rings. The summed E-state index contributed by atoms with van der Waals surface area (Å²) in [6, 6.07) is 3.70. The van der Waals surface area contributed by atoms with Gasteiger partial charge < -0.3 is 35.3 Å². The monoisotopic (exact) mass is 592 g/mol. The summed E-state index contributed by atoms with van der Waals surface area (Å²) < 4.78 is 23.5. The minimum atomic E-state index is -0.641. The molecule has 1 saturated carbocycles. The molecule has 0 radical (unpaired) electrons. The number of nitrogens with zero attached hydrogens (tertiary/aromatic N) is 6. The first-order valence-electron chi connectivity index (χ1n) is 13.9. The Morgan fingerprint density at radius 3 is 2.83 bits per heavy atom. The van der Waals surface area contributed by atoms with Crippen molar-refractivity contribution in [3.05, 3.63) is 51.1 Å². The van der Waals surface area contributed by atoms with E-state index in [4.69, 9.17) is 24.3 Å². The average molecular weight is 593 g/mol. The van der Waals surface area contributed by atoms with Crippen LogP contribution in [0, 0.1) is 0 Å². The van der Waals surface area contributed by atoms with Gasteiger partial charge in [-0.05, 0) is 30.4 Å². The molecule has 1 saturated heterocycles. The second-order valence-electron chi connectivity index (χ2n) is 10.7. The summed E-state index contributed by atoms with van der Waals surface area (Å²) >= 11 is 1.25. The van der Waals surface area contributed by atoms with Crippen molar-refractivity contribution in [1.29, 1.82) is 0 Å². The highest BCUT2D eigenvalue weighted by molar-refractivity contribution is 7.06. The lowest BCUT2D eigenvalue weighted by molar-refractivity contribution is -0.427. The number of aromatic nitrogens is 5. The number of nitrogens with one attached hydrogen (secondary N) is 1. The second-order valence-corrected chi connectivity index (χ2v) is 11.5. The second kappa shape index (κ2) is 10.8. The van der Waals surface area contributed by atoms with E-state index in [0.717, 1.165) is 30.6 Å². The molecule has 6 N–H and O–H groups in total. The fourth-order valence-electron chi connectivity index (χ4n) is 5.71. The summed E-state index contributed by atoms with van der Waals surface area (Å²) in [6.07, 6.45) is 7.57.